The molecule has 18 heteroatoms. The maximum Gasteiger partial charge on any atom is 0.326 e. The smallest absolute Gasteiger partial charge is 0.326 e. The van der Waals surface area contributed by atoms with Crippen molar-refractivity contribution < 1.29 is 67.8 Å². The number of hydrogen-bond acceptors (Lipinski definition) is 12. The minimum Gasteiger partial charge on any atom is -0.508 e. The van der Waals surface area contributed by atoms with E-state index >= 15 is 0 Å². The van der Waals surface area contributed by atoms with Crippen molar-refractivity contribution in [1.82, 2.24) is 21.3 Å². The van der Waals surface area contributed by atoms with Crippen LogP contribution in [0.4, 0.5) is 0 Å². The molecule has 0 saturated heterocycles. The van der Waals surface area contributed by atoms with Gasteiger partial charge in [-0.3, -0.25) is 24.0 Å². The van der Waals surface area contributed by atoms with Crippen LogP contribution in [0.5, 0.6) is 5.75 Å². The van der Waals surface area contributed by atoms with Crippen molar-refractivity contribution in [2.75, 3.05) is 65.9 Å². The third-order valence-electron chi connectivity index (χ3n) is 9.59. The van der Waals surface area contributed by atoms with Gasteiger partial charge in [-0.15, -0.1) is 0 Å². The molecule has 0 fully saturated rings. The van der Waals surface area contributed by atoms with Crippen LogP contribution in [0.3, 0.4) is 0 Å². The SMILES string of the molecule is O=C[C@H](Cc1ccc(O)cc1)NC(=O)COCCOCCNC(=O)COCCOCCNC(=O)CC[C@H](NC(=O)CCCCCCCCCCCCCCCCC(=O)O)C(=O)O. The number of ether oxygens (including phenoxy) is 4. The number of carboxylic acids is 2. The summed E-state index contributed by atoms with van der Waals surface area (Å²) in [5.74, 6) is -3.29. The highest BCUT2D eigenvalue weighted by Gasteiger charge is 2.21. The first-order chi connectivity index (χ1) is 30.0. The van der Waals surface area contributed by atoms with Crippen LogP contribution in [0.25, 0.3) is 0 Å². The fourth-order valence-corrected chi connectivity index (χ4v) is 6.18. The fraction of sp³-hybridized carbons (Fsp3) is 0.705. The first kappa shape index (κ1) is 55.4. The van der Waals surface area contributed by atoms with Crippen molar-refractivity contribution >= 4 is 41.9 Å². The molecule has 1 aromatic carbocycles. The number of nitrogens with one attached hydrogen (secondary N) is 4. The highest BCUT2D eigenvalue weighted by atomic mass is 16.5. The zero-order valence-corrected chi connectivity index (χ0v) is 36.4. The highest BCUT2D eigenvalue weighted by Crippen LogP contribution is 2.14. The van der Waals surface area contributed by atoms with E-state index in [0.29, 0.717) is 12.7 Å². The zero-order valence-electron chi connectivity index (χ0n) is 36.4. The van der Waals surface area contributed by atoms with E-state index in [-0.39, 0.29) is 122 Å². The molecule has 0 saturated carbocycles. The Balaban J connectivity index is 1.93. The molecule has 4 amide bonds. The Kier molecular flexibility index (Phi) is 34.0. The van der Waals surface area contributed by atoms with E-state index in [2.05, 4.69) is 21.3 Å². The van der Waals surface area contributed by atoms with Gasteiger partial charge in [0.2, 0.25) is 23.6 Å². The second-order valence-corrected chi connectivity index (χ2v) is 15.1. The molecule has 2 atom stereocenters. The van der Waals surface area contributed by atoms with Crippen LogP contribution in [-0.2, 0) is 58.9 Å². The van der Waals surface area contributed by atoms with Crippen molar-refractivity contribution in [1.29, 1.82) is 0 Å². The summed E-state index contributed by atoms with van der Waals surface area (Å²) >= 11 is 0. The van der Waals surface area contributed by atoms with E-state index in [9.17, 15) is 43.8 Å². The van der Waals surface area contributed by atoms with E-state index in [4.69, 9.17) is 24.1 Å². The number of carboxylic acid groups (broad SMARTS) is 2. The van der Waals surface area contributed by atoms with E-state index in [1.54, 1.807) is 12.1 Å². The molecule has 0 aliphatic carbocycles. The van der Waals surface area contributed by atoms with E-state index in [0.717, 1.165) is 50.5 Å². The Morgan fingerprint density at radius 1 is 0.532 bits per heavy atom. The molecular formula is C44H72N4O14. The molecule has 0 heterocycles. The number of phenolic OH excluding ortho intramolecular Hbond substituents is 1. The molecule has 0 bridgehead atoms. The third-order valence-corrected chi connectivity index (χ3v) is 9.59. The van der Waals surface area contributed by atoms with E-state index in [1.807, 2.05) is 0 Å². The van der Waals surface area contributed by atoms with Gasteiger partial charge in [0.05, 0.1) is 45.7 Å². The van der Waals surface area contributed by atoms with E-state index in [1.165, 1.54) is 50.7 Å². The lowest BCUT2D eigenvalue weighted by Crippen LogP contribution is -2.41. The number of aldehydes is 1. The van der Waals surface area contributed by atoms with Crippen molar-refractivity contribution in [2.45, 2.75) is 134 Å². The van der Waals surface area contributed by atoms with Crippen LogP contribution in [0.15, 0.2) is 24.3 Å². The fourth-order valence-electron chi connectivity index (χ4n) is 6.18. The number of benzene rings is 1. The lowest BCUT2D eigenvalue weighted by Gasteiger charge is -2.14. The molecule has 0 aromatic heterocycles. The number of carbonyl (C=O) groups excluding carboxylic acids is 5. The first-order valence-corrected chi connectivity index (χ1v) is 22.1. The maximum absolute atomic E-state index is 12.3. The van der Waals surface area contributed by atoms with Gasteiger partial charge >= 0.3 is 11.9 Å². The normalized spacial score (nSPS) is 11.9. The van der Waals surface area contributed by atoms with Gasteiger partial charge in [-0.2, -0.15) is 0 Å². The summed E-state index contributed by atoms with van der Waals surface area (Å²) in [7, 11) is 0. The Morgan fingerprint density at radius 2 is 1.00 bits per heavy atom. The summed E-state index contributed by atoms with van der Waals surface area (Å²) in [5.41, 5.74) is 0.783. The molecule has 62 heavy (non-hydrogen) atoms. The van der Waals surface area contributed by atoms with E-state index < -0.39 is 29.9 Å². The minimum atomic E-state index is -1.19. The van der Waals surface area contributed by atoms with Gasteiger partial charge in [0.1, 0.15) is 31.3 Å². The molecule has 18 nitrogen and oxygen atoms in total. The molecular weight excluding hydrogens is 808 g/mol. The molecule has 0 aliphatic heterocycles. The average molecular weight is 881 g/mol. The number of unbranched alkanes of at least 4 members (excludes halogenated alkanes) is 13. The van der Waals surface area contributed by atoms with Crippen LogP contribution >= 0.6 is 0 Å². The van der Waals surface area contributed by atoms with Gasteiger partial charge in [-0.25, -0.2) is 4.79 Å². The van der Waals surface area contributed by atoms with Crippen LogP contribution in [0.1, 0.15) is 121 Å². The number of aromatic hydroxyl groups is 1. The molecule has 7 N–H and O–H groups in total. The van der Waals surface area contributed by atoms with Crippen molar-refractivity contribution in [3.8, 4) is 5.75 Å². The average Bonchev–Trinajstić information content (AvgIpc) is 3.24. The summed E-state index contributed by atoms with van der Waals surface area (Å²) in [6.45, 7) is 1.07. The monoisotopic (exact) mass is 881 g/mol. The predicted octanol–water partition coefficient (Wildman–Crippen LogP) is 3.59. The lowest BCUT2D eigenvalue weighted by molar-refractivity contribution is -0.142. The van der Waals surface area contributed by atoms with Gasteiger partial charge in [-0.05, 0) is 43.4 Å². The largest absolute Gasteiger partial charge is 0.508 e. The van der Waals surface area contributed by atoms with Crippen LogP contribution in [-0.4, -0.2) is 135 Å². The topological polar surface area (TPSA) is 265 Å². The van der Waals surface area contributed by atoms with Gasteiger partial charge < -0.3 is 60.3 Å². The molecule has 352 valence electrons. The Hall–Kier alpha value is -4.65. The van der Waals surface area contributed by atoms with Gasteiger partial charge in [-0.1, -0.05) is 89.2 Å². The van der Waals surface area contributed by atoms with Crippen molar-refractivity contribution in [3.05, 3.63) is 29.8 Å². The standard InChI is InChI=1S/C44H72N4O14/c49-32-36(31-35-17-19-37(50)20-18-35)47-42(54)34-62-30-28-60-26-24-46-41(53)33-61-29-27-59-25-23-45-39(51)22-21-38(44(57)58)48-40(52)15-13-11-9-7-5-3-1-2-4-6-8-10-12-14-16-43(55)56/h17-20,32,36,38,50H,1-16,21-31,33-34H2,(H,45,51)(H,46,53)(H,47,54)(H,48,52)(H,55,56)(H,57,58)/t36-,38-/m0/s1. The summed E-state index contributed by atoms with van der Waals surface area (Å²) < 4.78 is 21.3. The Labute approximate surface area is 365 Å². The molecule has 0 spiro atoms. The lowest BCUT2D eigenvalue weighted by atomic mass is 10.0. The molecule has 0 unspecified atom stereocenters. The van der Waals surface area contributed by atoms with Gasteiger partial charge in [0.15, 0.2) is 0 Å². The molecule has 0 aliphatic rings. The second kappa shape index (κ2) is 38.1. The van der Waals surface area contributed by atoms with Gasteiger partial charge in [0, 0.05) is 32.4 Å². The Morgan fingerprint density at radius 3 is 1.50 bits per heavy atom. The molecule has 1 aromatic rings. The number of hydrogen-bond donors (Lipinski definition) is 7. The second-order valence-electron chi connectivity index (χ2n) is 15.1. The third kappa shape index (κ3) is 34.0. The summed E-state index contributed by atoms with van der Waals surface area (Å²) in [6.07, 6.45) is 16.3. The van der Waals surface area contributed by atoms with Crippen LogP contribution < -0.4 is 21.3 Å². The number of aliphatic carboxylic acids is 2. The quantitative estimate of drug-likeness (QED) is 0.0366. The van der Waals surface area contributed by atoms with Crippen molar-refractivity contribution in [2.24, 2.45) is 0 Å². The Bertz CT molecular complexity index is 1400. The number of amides is 4. The number of phenols is 1. The van der Waals surface area contributed by atoms with Crippen LogP contribution in [0, 0.1) is 0 Å². The number of rotatable bonds is 42. The highest BCUT2D eigenvalue weighted by molar-refractivity contribution is 5.84. The molecule has 0 radical (unpaired) electrons. The number of carbonyl (C=O) groups is 7. The zero-order chi connectivity index (χ0) is 45.5. The van der Waals surface area contributed by atoms with Crippen molar-refractivity contribution in [3.63, 3.8) is 0 Å². The predicted molar refractivity (Wildman–Crippen MR) is 229 cm³/mol. The molecule has 1 rings (SSSR count). The van der Waals surface area contributed by atoms with Crippen LogP contribution in [0.2, 0.25) is 0 Å². The van der Waals surface area contributed by atoms with Gasteiger partial charge in [0.25, 0.3) is 0 Å². The first-order valence-electron chi connectivity index (χ1n) is 22.1. The minimum absolute atomic E-state index is 0.0348. The summed E-state index contributed by atoms with van der Waals surface area (Å²) in [5, 5.41) is 37.9. The summed E-state index contributed by atoms with van der Waals surface area (Å²) in [6, 6.07) is 4.46. The summed E-state index contributed by atoms with van der Waals surface area (Å²) in [4.78, 5) is 82.0. The maximum atomic E-state index is 12.3.